The van der Waals surface area contributed by atoms with Gasteiger partial charge in [-0.05, 0) is 29.7 Å². The van der Waals surface area contributed by atoms with Crippen LogP contribution in [0.15, 0.2) is 70.5 Å². The molecular weight excluding hydrogens is 333 g/mol. The summed E-state index contributed by atoms with van der Waals surface area (Å²) in [6.07, 6.45) is 0.677. The molecule has 0 saturated carbocycles. The van der Waals surface area contributed by atoms with E-state index in [2.05, 4.69) is 47.3 Å². The van der Waals surface area contributed by atoms with Crippen molar-refractivity contribution < 1.29 is 0 Å². The molecule has 0 aliphatic heterocycles. The number of aryl methyl sites for hydroxylation is 2. The van der Waals surface area contributed by atoms with E-state index in [1.165, 1.54) is 27.4 Å². The Morgan fingerprint density at radius 2 is 1.81 bits per heavy atom. The summed E-state index contributed by atoms with van der Waals surface area (Å²) in [5, 5.41) is 4.37. The zero-order valence-electron chi connectivity index (χ0n) is 15.9. The van der Waals surface area contributed by atoms with E-state index >= 15 is 0 Å². The Labute approximate surface area is 161 Å². The molecule has 3 aromatic rings. The maximum Gasteiger partial charge on any atom is 0.266 e. The SMILES string of the molecule is [B]c1ccc([C@@H](CC(=NC)c2ccc(=O)n(C)n2)c2ccccc2C)cc1. The lowest BCUT2D eigenvalue weighted by molar-refractivity contribution is 0.700. The van der Waals surface area contributed by atoms with Gasteiger partial charge in [-0.1, -0.05) is 54.0 Å². The lowest BCUT2D eigenvalue weighted by Gasteiger charge is -2.21. The zero-order chi connectivity index (χ0) is 19.4. The minimum Gasteiger partial charge on any atom is -0.291 e. The van der Waals surface area contributed by atoms with Crippen LogP contribution in [0.1, 0.15) is 34.7 Å². The van der Waals surface area contributed by atoms with E-state index in [0.717, 1.165) is 11.2 Å². The fourth-order valence-electron chi connectivity index (χ4n) is 3.27. The Bertz CT molecular complexity index is 1020. The van der Waals surface area contributed by atoms with Gasteiger partial charge in [-0.3, -0.25) is 9.79 Å². The van der Waals surface area contributed by atoms with Crippen LogP contribution in [0.5, 0.6) is 0 Å². The first kappa shape index (κ1) is 18.8. The van der Waals surface area contributed by atoms with Crippen LogP contribution in [0.25, 0.3) is 0 Å². The van der Waals surface area contributed by atoms with Crippen LogP contribution in [-0.2, 0) is 7.05 Å². The van der Waals surface area contributed by atoms with Gasteiger partial charge in [0.2, 0.25) is 0 Å². The molecule has 1 aromatic heterocycles. The van der Waals surface area contributed by atoms with E-state index in [1.807, 2.05) is 18.2 Å². The van der Waals surface area contributed by atoms with Crippen molar-refractivity contribution in [1.29, 1.82) is 0 Å². The minimum atomic E-state index is -0.136. The van der Waals surface area contributed by atoms with Crippen LogP contribution in [0.4, 0.5) is 0 Å². The fourth-order valence-corrected chi connectivity index (χ4v) is 3.27. The molecular formula is C22H22BN3O. The average Bonchev–Trinajstić information content (AvgIpc) is 2.67. The molecule has 0 fully saturated rings. The summed E-state index contributed by atoms with van der Waals surface area (Å²) in [5.41, 5.74) is 5.82. The number of aromatic nitrogens is 2. The zero-order valence-corrected chi connectivity index (χ0v) is 15.9. The third-order valence-electron chi connectivity index (χ3n) is 4.83. The quantitative estimate of drug-likeness (QED) is 0.522. The highest BCUT2D eigenvalue weighted by Gasteiger charge is 2.20. The van der Waals surface area contributed by atoms with Crippen molar-refractivity contribution in [2.24, 2.45) is 12.0 Å². The summed E-state index contributed by atoms with van der Waals surface area (Å²) in [6.45, 7) is 2.12. The van der Waals surface area contributed by atoms with E-state index in [0.29, 0.717) is 12.1 Å². The third-order valence-corrected chi connectivity index (χ3v) is 4.83. The Morgan fingerprint density at radius 1 is 1.11 bits per heavy atom. The first-order chi connectivity index (χ1) is 13.0. The molecule has 3 rings (SSSR count). The molecule has 0 bridgehead atoms. The predicted molar refractivity (Wildman–Crippen MR) is 111 cm³/mol. The molecule has 0 amide bonds. The lowest BCUT2D eigenvalue weighted by Crippen LogP contribution is -2.22. The molecule has 0 spiro atoms. The second-order valence-electron chi connectivity index (χ2n) is 6.63. The van der Waals surface area contributed by atoms with Gasteiger partial charge in [-0.2, -0.15) is 5.10 Å². The molecule has 5 heteroatoms. The highest BCUT2D eigenvalue weighted by Crippen LogP contribution is 2.31. The standard InChI is InChI=1S/C22H22BN3O/c1-15-6-4-5-7-18(15)19(16-8-10-17(23)11-9-16)14-21(24-2)20-12-13-22(27)26(3)25-20/h4-13,19H,14H2,1-3H3/t19-/m1/s1. The van der Waals surface area contributed by atoms with Gasteiger partial charge in [0.25, 0.3) is 5.56 Å². The Morgan fingerprint density at radius 3 is 2.44 bits per heavy atom. The molecule has 0 N–H and O–H groups in total. The van der Waals surface area contributed by atoms with Gasteiger partial charge in [0.05, 0.1) is 5.71 Å². The number of nitrogens with zero attached hydrogens (tertiary/aromatic N) is 3. The van der Waals surface area contributed by atoms with Crippen LogP contribution in [0.2, 0.25) is 0 Å². The molecule has 1 atom stereocenters. The smallest absolute Gasteiger partial charge is 0.266 e. The molecule has 0 aliphatic carbocycles. The molecule has 2 aromatic carbocycles. The van der Waals surface area contributed by atoms with Crippen molar-refractivity contribution in [3.8, 4) is 0 Å². The molecule has 2 radical (unpaired) electrons. The number of hydrogen-bond donors (Lipinski definition) is 0. The highest BCUT2D eigenvalue weighted by molar-refractivity contribution is 6.32. The first-order valence-corrected chi connectivity index (χ1v) is 8.91. The molecule has 0 saturated heterocycles. The first-order valence-electron chi connectivity index (χ1n) is 8.91. The van der Waals surface area contributed by atoms with Gasteiger partial charge in [0.15, 0.2) is 0 Å². The summed E-state index contributed by atoms with van der Waals surface area (Å²) >= 11 is 0. The number of hydrogen-bond acceptors (Lipinski definition) is 3. The van der Waals surface area contributed by atoms with Gasteiger partial charge >= 0.3 is 0 Å². The molecule has 0 aliphatic rings. The largest absolute Gasteiger partial charge is 0.291 e. The maximum atomic E-state index is 11.7. The van der Waals surface area contributed by atoms with Crippen molar-refractivity contribution in [1.82, 2.24) is 9.78 Å². The predicted octanol–water partition coefficient (Wildman–Crippen LogP) is 2.52. The summed E-state index contributed by atoms with van der Waals surface area (Å²) in [5.74, 6) is 0.115. The number of rotatable bonds is 5. The van der Waals surface area contributed by atoms with Crippen molar-refractivity contribution in [2.75, 3.05) is 7.05 Å². The molecule has 0 unspecified atom stereocenters. The van der Waals surface area contributed by atoms with Crippen LogP contribution in [0.3, 0.4) is 0 Å². The second kappa shape index (κ2) is 8.17. The van der Waals surface area contributed by atoms with Crippen LogP contribution < -0.4 is 11.0 Å². The van der Waals surface area contributed by atoms with Crippen molar-refractivity contribution in [2.45, 2.75) is 19.3 Å². The maximum absolute atomic E-state index is 11.7. The van der Waals surface area contributed by atoms with E-state index in [4.69, 9.17) is 7.85 Å². The molecule has 4 nitrogen and oxygen atoms in total. The summed E-state index contributed by atoms with van der Waals surface area (Å²) in [4.78, 5) is 16.2. The van der Waals surface area contributed by atoms with Gasteiger partial charge in [0, 0.05) is 32.5 Å². The third kappa shape index (κ3) is 4.25. The Hall–Kier alpha value is -2.95. The average molecular weight is 355 g/mol. The van der Waals surface area contributed by atoms with Gasteiger partial charge in [0.1, 0.15) is 13.5 Å². The van der Waals surface area contributed by atoms with Crippen LogP contribution in [0, 0.1) is 6.92 Å². The normalized spacial score (nSPS) is 12.8. The minimum absolute atomic E-state index is 0.115. The van der Waals surface area contributed by atoms with Gasteiger partial charge in [-0.15, -0.1) is 0 Å². The second-order valence-corrected chi connectivity index (χ2v) is 6.63. The van der Waals surface area contributed by atoms with E-state index in [9.17, 15) is 4.79 Å². The molecule has 134 valence electrons. The number of aliphatic imine (C=N–C) groups is 1. The van der Waals surface area contributed by atoms with E-state index < -0.39 is 0 Å². The number of benzene rings is 2. The topological polar surface area (TPSA) is 47.2 Å². The fraction of sp³-hybridized carbons (Fsp3) is 0.227. The van der Waals surface area contributed by atoms with Crippen LogP contribution >= 0.6 is 0 Å². The highest BCUT2D eigenvalue weighted by atomic mass is 16.1. The van der Waals surface area contributed by atoms with Crippen molar-refractivity contribution in [3.63, 3.8) is 0 Å². The monoisotopic (exact) mass is 355 g/mol. The summed E-state index contributed by atoms with van der Waals surface area (Å²) in [6, 6.07) is 19.6. The van der Waals surface area contributed by atoms with E-state index in [1.54, 1.807) is 20.2 Å². The van der Waals surface area contributed by atoms with Crippen LogP contribution in [-0.4, -0.2) is 30.4 Å². The van der Waals surface area contributed by atoms with E-state index in [-0.39, 0.29) is 11.5 Å². The van der Waals surface area contributed by atoms with Crippen molar-refractivity contribution >= 4 is 19.0 Å². The Balaban J connectivity index is 2.04. The molecule has 27 heavy (non-hydrogen) atoms. The van der Waals surface area contributed by atoms with Gasteiger partial charge in [-0.25, -0.2) is 4.68 Å². The van der Waals surface area contributed by atoms with Gasteiger partial charge < -0.3 is 0 Å². The van der Waals surface area contributed by atoms with Crippen molar-refractivity contribution in [3.05, 3.63) is 93.4 Å². The summed E-state index contributed by atoms with van der Waals surface area (Å²) in [7, 11) is 9.29. The lowest BCUT2D eigenvalue weighted by atomic mass is 9.82. The Kier molecular flexibility index (Phi) is 5.70. The summed E-state index contributed by atoms with van der Waals surface area (Å²) < 4.78 is 1.34. The molecule has 1 heterocycles.